The highest BCUT2D eigenvalue weighted by Gasteiger charge is 2.34. The molecule has 140 valence electrons. The van der Waals surface area contributed by atoms with Crippen LogP contribution in [0.4, 0.5) is 0 Å². The molecule has 7 heteroatoms. The number of ether oxygens (including phenoxy) is 1. The van der Waals surface area contributed by atoms with E-state index in [1.807, 2.05) is 6.07 Å². The maximum Gasteiger partial charge on any atom is 0.230 e. The van der Waals surface area contributed by atoms with Gasteiger partial charge in [0.05, 0.1) is 5.75 Å². The lowest BCUT2D eigenvalue weighted by atomic mass is 9.74. The number of benzene rings is 1. The number of carbonyl (C=O) groups is 1. The lowest BCUT2D eigenvalue weighted by Gasteiger charge is -2.38. The number of aromatic amines is 1. The van der Waals surface area contributed by atoms with Crippen LogP contribution in [0.1, 0.15) is 37.6 Å². The Morgan fingerprint density at radius 1 is 1.31 bits per heavy atom. The molecule has 2 heterocycles. The standard InChI is InChI=1S/C19H26N4O2S/c1-2-6-16-21-18(23-22-16)26-13-17(24)20-14-19(9-11-25-12-10-19)15-7-4-3-5-8-15/h3-5,7-8H,2,6,9-14H2,1H3,(H,20,24)(H,21,22,23). The Hall–Kier alpha value is -1.86. The predicted molar refractivity (Wildman–Crippen MR) is 102 cm³/mol. The van der Waals surface area contributed by atoms with E-state index in [1.54, 1.807) is 0 Å². The number of rotatable bonds is 8. The van der Waals surface area contributed by atoms with Crippen molar-refractivity contribution in [3.05, 3.63) is 41.7 Å². The fourth-order valence-corrected chi connectivity index (χ4v) is 3.91. The minimum atomic E-state index is -0.0429. The average Bonchev–Trinajstić information content (AvgIpc) is 3.14. The van der Waals surface area contributed by atoms with Crippen LogP contribution in [-0.2, 0) is 21.4 Å². The monoisotopic (exact) mass is 374 g/mol. The molecule has 0 aliphatic carbocycles. The summed E-state index contributed by atoms with van der Waals surface area (Å²) in [5, 5.41) is 10.8. The van der Waals surface area contributed by atoms with Crippen molar-refractivity contribution in [3.63, 3.8) is 0 Å². The van der Waals surface area contributed by atoms with Crippen LogP contribution in [0.5, 0.6) is 0 Å². The first-order valence-corrected chi connectivity index (χ1v) is 10.1. The molecule has 1 aliphatic heterocycles. The number of hydrogen-bond acceptors (Lipinski definition) is 5. The van der Waals surface area contributed by atoms with Crippen LogP contribution in [0, 0.1) is 0 Å². The average molecular weight is 375 g/mol. The van der Waals surface area contributed by atoms with E-state index >= 15 is 0 Å². The molecule has 1 aromatic carbocycles. The fraction of sp³-hybridized carbons (Fsp3) is 0.526. The van der Waals surface area contributed by atoms with Gasteiger partial charge in [-0.1, -0.05) is 49.0 Å². The summed E-state index contributed by atoms with van der Waals surface area (Å²) in [6, 6.07) is 10.4. The molecule has 0 atom stereocenters. The lowest BCUT2D eigenvalue weighted by Crippen LogP contribution is -2.45. The molecule has 26 heavy (non-hydrogen) atoms. The highest BCUT2D eigenvalue weighted by Crippen LogP contribution is 2.34. The lowest BCUT2D eigenvalue weighted by molar-refractivity contribution is -0.119. The van der Waals surface area contributed by atoms with Crippen molar-refractivity contribution in [1.82, 2.24) is 20.5 Å². The smallest absolute Gasteiger partial charge is 0.230 e. The second-order valence-corrected chi connectivity index (χ2v) is 7.58. The van der Waals surface area contributed by atoms with Gasteiger partial charge in [0.15, 0.2) is 0 Å². The number of thioether (sulfide) groups is 1. The molecule has 0 saturated carbocycles. The topological polar surface area (TPSA) is 79.9 Å². The molecule has 0 spiro atoms. The third-order valence-electron chi connectivity index (χ3n) is 4.79. The summed E-state index contributed by atoms with van der Waals surface area (Å²) >= 11 is 1.37. The van der Waals surface area contributed by atoms with Crippen molar-refractivity contribution in [2.45, 2.75) is 43.2 Å². The number of aromatic nitrogens is 3. The van der Waals surface area contributed by atoms with Gasteiger partial charge in [-0.2, -0.15) is 0 Å². The molecule has 2 N–H and O–H groups in total. The Balaban J connectivity index is 1.54. The zero-order chi connectivity index (χ0) is 18.2. The number of carbonyl (C=O) groups excluding carboxylic acids is 1. The third-order valence-corrected chi connectivity index (χ3v) is 5.64. The molecule has 3 rings (SSSR count). The number of aryl methyl sites for hydroxylation is 1. The van der Waals surface area contributed by atoms with E-state index in [0.717, 1.165) is 44.7 Å². The maximum atomic E-state index is 12.3. The predicted octanol–water partition coefficient (Wildman–Crippen LogP) is 2.71. The first-order chi connectivity index (χ1) is 12.7. The quantitative estimate of drug-likeness (QED) is 0.695. The van der Waals surface area contributed by atoms with E-state index in [1.165, 1.54) is 17.3 Å². The zero-order valence-electron chi connectivity index (χ0n) is 15.2. The van der Waals surface area contributed by atoms with Crippen LogP contribution in [0.3, 0.4) is 0 Å². The van der Waals surface area contributed by atoms with E-state index in [9.17, 15) is 4.79 Å². The van der Waals surface area contributed by atoms with Crippen LogP contribution in [0.25, 0.3) is 0 Å². The Bertz CT molecular complexity index is 699. The maximum absolute atomic E-state index is 12.3. The minimum Gasteiger partial charge on any atom is -0.381 e. The molecule has 6 nitrogen and oxygen atoms in total. The van der Waals surface area contributed by atoms with Gasteiger partial charge < -0.3 is 10.1 Å². The van der Waals surface area contributed by atoms with Crippen LogP contribution in [0.15, 0.2) is 35.5 Å². The summed E-state index contributed by atoms with van der Waals surface area (Å²) in [7, 11) is 0. The molecule has 1 fully saturated rings. The first kappa shape index (κ1) is 18.9. The largest absolute Gasteiger partial charge is 0.381 e. The van der Waals surface area contributed by atoms with E-state index < -0.39 is 0 Å². The van der Waals surface area contributed by atoms with Crippen molar-refractivity contribution >= 4 is 17.7 Å². The van der Waals surface area contributed by atoms with Gasteiger partial charge in [0.1, 0.15) is 5.82 Å². The van der Waals surface area contributed by atoms with Crippen molar-refractivity contribution < 1.29 is 9.53 Å². The molecule has 1 aromatic heterocycles. The van der Waals surface area contributed by atoms with Crippen LogP contribution < -0.4 is 5.32 Å². The number of amides is 1. The molecular formula is C19H26N4O2S. The highest BCUT2D eigenvalue weighted by atomic mass is 32.2. The second kappa shape index (κ2) is 9.19. The molecule has 1 amide bonds. The molecule has 0 bridgehead atoms. The molecule has 0 unspecified atom stereocenters. The van der Waals surface area contributed by atoms with Gasteiger partial charge in [-0.15, -0.1) is 5.10 Å². The molecule has 1 saturated heterocycles. The van der Waals surface area contributed by atoms with E-state index in [0.29, 0.717) is 17.5 Å². The van der Waals surface area contributed by atoms with Gasteiger partial charge in [-0.25, -0.2) is 4.98 Å². The minimum absolute atomic E-state index is 0.0126. The van der Waals surface area contributed by atoms with E-state index in [2.05, 4.69) is 51.7 Å². The Kier molecular flexibility index (Phi) is 6.68. The first-order valence-electron chi connectivity index (χ1n) is 9.16. The SMILES string of the molecule is CCCc1nc(SCC(=O)NCC2(c3ccccc3)CCOCC2)n[nH]1. The zero-order valence-corrected chi connectivity index (χ0v) is 16.0. The highest BCUT2D eigenvalue weighted by molar-refractivity contribution is 7.99. The summed E-state index contributed by atoms with van der Waals surface area (Å²) in [5.74, 6) is 1.21. The van der Waals surface area contributed by atoms with Gasteiger partial charge in [0.2, 0.25) is 11.1 Å². The molecular weight excluding hydrogens is 348 g/mol. The summed E-state index contributed by atoms with van der Waals surface area (Å²) in [4.78, 5) is 16.7. The van der Waals surface area contributed by atoms with Gasteiger partial charge >= 0.3 is 0 Å². The van der Waals surface area contributed by atoms with Crippen LogP contribution in [0.2, 0.25) is 0 Å². The summed E-state index contributed by atoms with van der Waals surface area (Å²) in [5.41, 5.74) is 1.23. The van der Waals surface area contributed by atoms with Crippen LogP contribution in [-0.4, -0.2) is 46.6 Å². The number of nitrogens with zero attached hydrogens (tertiary/aromatic N) is 2. The van der Waals surface area contributed by atoms with Crippen LogP contribution >= 0.6 is 11.8 Å². The summed E-state index contributed by atoms with van der Waals surface area (Å²) in [6.45, 7) is 4.20. The number of H-pyrrole nitrogens is 1. The Labute approximate surface area is 158 Å². The third kappa shape index (κ3) is 4.86. The van der Waals surface area contributed by atoms with Gasteiger partial charge in [0, 0.05) is 31.6 Å². The van der Waals surface area contributed by atoms with Crippen molar-refractivity contribution in [3.8, 4) is 0 Å². The van der Waals surface area contributed by atoms with E-state index in [4.69, 9.17) is 4.74 Å². The van der Waals surface area contributed by atoms with E-state index in [-0.39, 0.29) is 11.3 Å². The summed E-state index contributed by atoms with van der Waals surface area (Å²) in [6.07, 6.45) is 3.74. The van der Waals surface area contributed by atoms with Gasteiger partial charge in [0.25, 0.3) is 0 Å². The Morgan fingerprint density at radius 3 is 2.81 bits per heavy atom. The normalized spacial score (nSPS) is 16.3. The number of hydrogen-bond donors (Lipinski definition) is 2. The van der Waals surface area contributed by atoms with Crippen molar-refractivity contribution in [1.29, 1.82) is 0 Å². The molecule has 0 radical (unpaired) electrons. The Morgan fingerprint density at radius 2 is 2.08 bits per heavy atom. The second-order valence-electron chi connectivity index (χ2n) is 6.64. The van der Waals surface area contributed by atoms with Gasteiger partial charge in [-0.05, 0) is 24.8 Å². The van der Waals surface area contributed by atoms with Crippen molar-refractivity contribution in [2.24, 2.45) is 0 Å². The summed E-state index contributed by atoms with van der Waals surface area (Å²) < 4.78 is 5.54. The number of nitrogens with one attached hydrogen (secondary N) is 2. The van der Waals surface area contributed by atoms with Gasteiger partial charge in [-0.3, -0.25) is 9.89 Å². The van der Waals surface area contributed by atoms with Crippen molar-refractivity contribution in [2.75, 3.05) is 25.5 Å². The molecule has 1 aliphatic rings. The molecule has 2 aromatic rings. The fourth-order valence-electron chi connectivity index (χ4n) is 3.26.